The second-order valence-corrected chi connectivity index (χ2v) is 5.13. The number of hydrogen-bond donors (Lipinski definition) is 2. The molecule has 1 saturated carbocycles. The number of amides is 1. The van der Waals surface area contributed by atoms with Crippen LogP contribution in [0, 0.1) is 17.6 Å². The van der Waals surface area contributed by atoms with E-state index in [2.05, 4.69) is 5.32 Å². The SMILES string of the molecule is Cl.NC1CCCC(CNC(=O)c2ccc(F)c(F)c2)C1. The molecule has 1 aromatic carbocycles. The van der Waals surface area contributed by atoms with Gasteiger partial charge >= 0.3 is 0 Å². The summed E-state index contributed by atoms with van der Waals surface area (Å²) in [7, 11) is 0. The predicted octanol–water partition coefficient (Wildman–Crippen LogP) is 2.63. The number of hydrogen-bond acceptors (Lipinski definition) is 2. The Kier molecular flexibility index (Phi) is 6.36. The quantitative estimate of drug-likeness (QED) is 0.902. The summed E-state index contributed by atoms with van der Waals surface area (Å²) >= 11 is 0. The normalized spacial score (nSPS) is 21.9. The topological polar surface area (TPSA) is 55.1 Å². The minimum atomic E-state index is -1.01. The number of rotatable bonds is 3. The summed E-state index contributed by atoms with van der Waals surface area (Å²) in [6.45, 7) is 0.533. The van der Waals surface area contributed by atoms with Crippen molar-refractivity contribution in [2.45, 2.75) is 31.7 Å². The predicted molar refractivity (Wildman–Crippen MR) is 75.9 cm³/mol. The van der Waals surface area contributed by atoms with Crippen LogP contribution >= 0.6 is 12.4 Å². The van der Waals surface area contributed by atoms with E-state index in [1.807, 2.05) is 0 Å². The lowest BCUT2D eigenvalue weighted by atomic mass is 9.86. The third kappa shape index (κ3) is 4.42. The maximum Gasteiger partial charge on any atom is 0.251 e. The van der Waals surface area contributed by atoms with Gasteiger partial charge in [0.1, 0.15) is 0 Å². The van der Waals surface area contributed by atoms with Crippen molar-refractivity contribution >= 4 is 18.3 Å². The molecular weight excluding hydrogens is 286 g/mol. The summed E-state index contributed by atoms with van der Waals surface area (Å²) in [5, 5.41) is 2.75. The fraction of sp³-hybridized carbons (Fsp3) is 0.500. The van der Waals surface area contributed by atoms with Crippen LogP contribution in [0.15, 0.2) is 18.2 Å². The van der Waals surface area contributed by atoms with E-state index in [1.54, 1.807) is 0 Å². The van der Waals surface area contributed by atoms with E-state index in [1.165, 1.54) is 6.07 Å². The molecule has 2 rings (SSSR count). The molecule has 20 heavy (non-hydrogen) atoms. The highest BCUT2D eigenvalue weighted by molar-refractivity contribution is 5.94. The maximum absolute atomic E-state index is 13.0. The van der Waals surface area contributed by atoms with Crippen LogP contribution in [-0.4, -0.2) is 18.5 Å². The molecule has 1 aliphatic rings. The molecule has 2 atom stereocenters. The van der Waals surface area contributed by atoms with Crippen molar-refractivity contribution in [3.8, 4) is 0 Å². The summed E-state index contributed by atoms with van der Waals surface area (Å²) in [6, 6.07) is 3.36. The van der Waals surface area contributed by atoms with Crippen molar-refractivity contribution in [3.63, 3.8) is 0 Å². The van der Waals surface area contributed by atoms with Crippen LogP contribution in [0.25, 0.3) is 0 Å². The molecule has 112 valence electrons. The molecule has 1 aromatic rings. The maximum atomic E-state index is 13.0. The standard InChI is InChI=1S/C14H18F2N2O.ClH/c15-12-5-4-10(7-13(12)16)14(19)18-8-9-2-1-3-11(17)6-9;/h4-5,7,9,11H,1-3,6,8,17H2,(H,18,19);1H. The van der Waals surface area contributed by atoms with Gasteiger partial charge in [-0.25, -0.2) is 8.78 Å². The Morgan fingerprint density at radius 1 is 1.30 bits per heavy atom. The summed E-state index contributed by atoms with van der Waals surface area (Å²) < 4.78 is 25.8. The lowest BCUT2D eigenvalue weighted by Crippen LogP contribution is -2.35. The minimum absolute atomic E-state index is 0. The van der Waals surface area contributed by atoms with Crippen LogP contribution in [0.1, 0.15) is 36.0 Å². The molecule has 0 aromatic heterocycles. The first kappa shape index (κ1) is 16.9. The second kappa shape index (κ2) is 7.55. The van der Waals surface area contributed by atoms with Crippen molar-refractivity contribution in [3.05, 3.63) is 35.4 Å². The van der Waals surface area contributed by atoms with Crippen molar-refractivity contribution < 1.29 is 13.6 Å². The van der Waals surface area contributed by atoms with Crippen LogP contribution in [0.2, 0.25) is 0 Å². The smallest absolute Gasteiger partial charge is 0.251 e. The van der Waals surface area contributed by atoms with Crippen molar-refractivity contribution in [2.24, 2.45) is 11.7 Å². The summed E-state index contributed by atoms with van der Waals surface area (Å²) in [5.74, 6) is -1.96. The molecule has 3 nitrogen and oxygen atoms in total. The van der Waals surface area contributed by atoms with Crippen LogP contribution < -0.4 is 11.1 Å². The Bertz CT molecular complexity index is 470. The highest BCUT2D eigenvalue weighted by Gasteiger charge is 2.20. The molecule has 6 heteroatoms. The zero-order valence-corrected chi connectivity index (χ0v) is 11.9. The van der Waals surface area contributed by atoms with Crippen LogP contribution in [0.4, 0.5) is 8.78 Å². The molecule has 0 aliphatic heterocycles. The zero-order chi connectivity index (χ0) is 13.8. The fourth-order valence-electron chi connectivity index (χ4n) is 2.49. The highest BCUT2D eigenvalue weighted by Crippen LogP contribution is 2.22. The molecule has 0 bridgehead atoms. The van der Waals surface area contributed by atoms with Gasteiger partial charge in [0.25, 0.3) is 5.91 Å². The Hall–Kier alpha value is -1.20. The Labute approximate surface area is 123 Å². The third-order valence-electron chi connectivity index (χ3n) is 3.56. The molecule has 0 heterocycles. The van der Waals surface area contributed by atoms with Gasteiger partial charge in [0.05, 0.1) is 0 Å². The minimum Gasteiger partial charge on any atom is -0.352 e. The number of benzene rings is 1. The van der Waals surface area contributed by atoms with E-state index in [-0.39, 0.29) is 29.9 Å². The highest BCUT2D eigenvalue weighted by atomic mass is 35.5. The lowest BCUT2D eigenvalue weighted by molar-refractivity contribution is 0.0942. The molecule has 1 fully saturated rings. The summed E-state index contributed by atoms with van der Waals surface area (Å²) in [4.78, 5) is 11.8. The molecule has 1 amide bonds. The van der Waals surface area contributed by atoms with Gasteiger partial charge in [-0.15, -0.1) is 12.4 Å². The van der Waals surface area contributed by atoms with E-state index < -0.39 is 11.6 Å². The van der Waals surface area contributed by atoms with Crippen LogP contribution in [-0.2, 0) is 0 Å². The first-order valence-electron chi connectivity index (χ1n) is 6.55. The molecule has 0 spiro atoms. The fourth-order valence-corrected chi connectivity index (χ4v) is 2.49. The van der Waals surface area contributed by atoms with Crippen molar-refractivity contribution in [1.82, 2.24) is 5.32 Å². The van der Waals surface area contributed by atoms with E-state index in [9.17, 15) is 13.6 Å². The molecule has 2 unspecified atom stereocenters. The molecule has 0 radical (unpaired) electrons. The van der Waals surface area contributed by atoms with Gasteiger partial charge in [-0.1, -0.05) is 6.42 Å². The molecule has 1 aliphatic carbocycles. The summed E-state index contributed by atoms with van der Waals surface area (Å²) in [6.07, 6.45) is 4.06. The van der Waals surface area contributed by atoms with Gasteiger partial charge in [0.2, 0.25) is 0 Å². The monoisotopic (exact) mass is 304 g/mol. The Balaban J connectivity index is 0.00000200. The zero-order valence-electron chi connectivity index (χ0n) is 11.1. The number of carbonyl (C=O) groups is 1. The van der Waals surface area contributed by atoms with Gasteiger partial charge in [-0.3, -0.25) is 4.79 Å². The van der Waals surface area contributed by atoms with Crippen molar-refractivity contribution in [1.29, 1.82) is 0 Å². The number of halogens is 3. The lowest BCUT2D eigenvalue weighted by Gasteiger charge is -2.26. The Morgan fingerprint density at radius 3 is 2.70 bits per heavy atom. The second-order valence-electron chi connectivity index (χ2n) is 5.13. The van der Waals surface area contributed by atoms with E-state index in [0.29, 0.717) is 12.5 Å². The average Bonchev–Trinajstić information content (AvgIpc) is 2.39. The molecule has 0 saturated heterocycles. The van der Waals surface area contributed by atoms with E-state index >= 15 is 0 Å². The van der Waals surface area contributed by atoms with Gasteiger partial charge in [-0.2, -0.15) is 0 Å². The largest absolute Gasteiger partial charge is 0.352 e. The average molecular weight is 305 g/mol. The first-order valence-corrected chi connectivity index (χ1v) is 6.55. The van der Waals surface area contributed by atoms with E-state index in [4.69, 9.17) is 5.73 Å². The van der Waals surface area contributed by atoms with Gasteiger partial charge in [0.15, 0.2) is 11.6 Å². The first-order chi connectivity index (χ1) is 9.06. The van der Waals surface area contributed by atoms with E-state index in [0.717, 1.165) is 37.8 Å². The number of nitrogens with two attached hydrogens (primary N) is 1. The van der Waals surface area contributed by atoms with Crippen LogP contribution in [0.5, 0.6) is 0 Å². The Morgan fingerprint density at radius 2 is 2.05 bits per heavy atom. The number of nitrogens with one attached hydrogen (secondary N) is 1. The number of carbonyl (C=O) groups excluding carboxylic acids is 1. The van der Waals surface area contributed by atoms with Gasteiger partial charge < -0.3 is 11.1 Å². The molecular formula is C14H19ClF2N2O. The third-order valence-corrected chi connectivity index (χ3v) is 3.56. The molecule has 3 N–H and O–H groups in total. The summed E-state index contributed by atoms with van der Waals surface area (Å²) in [5.41, 5.74) is 6.01. The van der Waals surface area contributed by atoms with Gasteiger partial charge in [-0.05, 0) is 43.4 Å². The van der Waals surface area contributed by atoms with Crippen LogP contribution in [0.3, 0.4) is 0 Å². The van der Waals surface area contributed by atoms with Crippen molar-refractivity contribution in [2.75, 3.05) is 6.54 Å². The van der Waals surface area contributed by atoms with Gasteiger partial charge in [0, 0.05) is 18.2 Å².